The van der Waals surface area contributed by atoms with Gasteiger partial charge in [-0.1, -0.05) is 35.6 Å². The number of ether oxygens (including phenoxy) is 1. The van der Waals surface area contributed by atoms with Gasteiger partial charge in [-0.05, 0) is 42.7 Å². The third kappa shape index (κ3) is 3.97. The third-order valence-corrected chi connectivity index (χ3v) is 6.29. The van der Waals surface area contributed by atoms with Crippen molar-refractivity contribution in [2.75, 3.05) is 18.3 Å². The monoisotopic (exact) mass is 421 g/mol. The van der Waals surface area contributed by atoms with Crippen LogP contribution in [0.3, 0.4) is 0 Å². The number of pyridine rings is 1. The van der Waals surface area contributed by atoms with E-state index in [1.165, 1.54) is 11.3 Å². The first-order chi connectivity index (χ1) is 14.2. The Labute approximate surface area is 177 Å². The van der Waals surface area contributed by atoms with Crippen molar-refractivity contribution < 1.29 is 9.53 Å². The first-order valence-electron chi connectivity index (χ1n) is 8.99. The number of thiazole rings is 1. The molecule has 4 aromatic rings. The Balaban J connectivity index is 1.81. The molecule has 146 valence electrons. The van der Waals surface area contributed by atoms with Gasteiger partial charge in [0, 0.05) is 11.1 Å². The number of amides is 1. The van der Waals surface area contributed by atoms with Crippen LogP contribution in [-0.4, -0.2) is 29.2 Å². The molecule has 0 aliphatic rings. The van der Waals surface area contributed by atoms with Gasteiger partial charge in [-0.15, -0.1) is 11.8 Å². The summed E-state index contributed by atoms with van der Waals surface area (Å²) in [5.74, 6) is 0.596. The number of aromatic nitrogens is 2. The molecule has 1 amide bonds. The molecule has 0 atom stereocenters. The summed E-state index contributed by atoms with van der Waals surface area (Å²) in [7, 11) is 1.62. The van der Waals surface area contributed by atoms with Crippen LogP contribution in [0.15, 0.2) is 71.8 Å². The fourth-order valence-corrected chi connectivity index (χ4v) is 4.61. The number of rotatable bonds is 6. The van der Waals surface area contributed by atoms with Gasteiger partial charge in [-0.3, -0.25) is 14.7 Å². The van der Waals surface area contributed by atoms with Gasteiger partial charge in [0.05, 0.1) is 29.6 Å². The van der Waals surface area contributed by atoms with Crippen molar-refractivity contribution >= 4 is 44.4 Å². The van der Waals surface area contributed by atoms with E-state index in [1.807, 2.05) is 66.9 Å². The summed E-state index contributed by atoms with van der Waals surface area (Å²) in [5.41, 5.74) is 2.21. The Hall–Kier alpha value is -2.90. The van der Waals surface area contributed by atoms with Crippen LogP contribution in [0.4, 0.5) is 5.13 Å². The van der Waals surface area contributed by atoms with Crippen LogP contribution < -0.4 is 9.64 Å². The molecule has 0 fully saturated rings. The van der Waals surface area contributed by atoms with E-state index < -0.39 is 0 Å². The van der Waals surface area contributed by atoms with Gasteiger partial charge in [-0.25, -0.2) is 4.98 Å². The molecule has 7 heteroatoms. The highest BCUT2D eigenvalue weighted by Crippen LogP contribution is 2.35. The zero-order chi connectivity index (χ0) is 20.2. The fourth-order valence-electron chi connectivity index (χ4n) is 3.04. The van der Waals surface area contributed by atoms with Crippen molar-refractivity contribution in [2.24, 2.45) is 0 Å². The predicted octanol–water partition coefficient (Wildman–Crippen LogP) is 5.27. The van der Waals surface area contributed by atoms with E-state index in [1.54, 1.807) is 30.0 Å². The van der Waals surface area contributed by atoms with E-state index in [9.17, 15) is 4.79 Å². The van der Waals surface area contributed by atoms with Crippen LogP contribution in [0.5, 0.6) is 5.75 Å². The average molecular weight is 422 g/mol. The summed E-state index contributed by atoms with van der Waals surface area (Å²) < 4.78 is 6.41. The molecule has 2 aromatic heterocycles. The predicted molar refractivity (Wildman–Crippen MR) is 119 cm³/mol. The van der Waals surface area contributed by atoms with Crippen molar-refractivity contribution in [1.82, 2.24) is 9.97 Å². The number of para-hydroxylation sites is 1. The van der Waals surface area contributed by atoms with Gasteiger partial charge in [0.1, 0.15) is 11.3 Å². The van der Waals surface area contributed by atoms with E-state index in [0.717, 1.165) is 20.8 Å². The molecule has 5 nitrogen and oxygen atoms in total. The Bertz CT molecular complexity index is 1150. The maximum absolute atomic E-state index is 13.6. The van der Waals surface area contributed by atoms with Crippen molar-refractivity contribution in [3.8, 4) is 5.75 Å². The maximum Gasteiger partial charge on any atom is 0.261 e. The van der Waals surface area contributed by atoms with Crippen LogP contribution in [-0.2, 0) is 6.54 Å². The summed E-state index contributed by atoms with van der Waals surface area (Å²) in [6, 6.07) is 19.1. The molecule has 0 bridgehead atoms. The zero-order valence-electron chi connectivity index (χ0n) is 16.0. The second kappa shape index (κ2) is 8.63. The van der Waals surface area contributed by atoms with E-state index in [2.05, 4.69) is 4.98 Å². The lowest BCUT2D eigenvalue weighted by atomic mass is 10.2. The topological polar surface area (TPSA) is 55.3 Å². The van der Waals surface area contributed by atoms with Crippen LogP contribution in [0.25, 0.3) is 10.2 Å². The quantitative estimate of drug-likeness (QED) is 0.397. The molecule has 0 saturated carbocycles. The lowest BCUT2D eigenvalue weighted by Gasteiger charge is -2.20. The minimum absolute atomic E-state index is 0.0985. The smallest absolute Gasteiger partial charge is 0.261 e. The molecule has 0 spiro atoms. The number of thioether (sulfide) groups is 1. The average Bonchev–Trinajstić information content (AvgIpc) is 3.21. The van der Waals surface area contributed by atoms with E-state index >= 15 is 0 Å². The van der Waals surface area contributed by atoms with Gasteiger partial charge in [0.15, 0.2) is 5.13 Å². The number of carbonyl (C=O) groups excluding carboxylic acids is 1. The third-order valence-electron chi connectivity index (χ3n) is 4.45. The normalized spacial score (nSPS) is 10.8. The highest BCUT2D eigenvalue weighted by molar-refractivity contribution is 7.98. The highest BCUT2D eigenvalue weighted by Gasteiger charge is 2.24. The largest absolute Gasteiger partial charge is 0.494 e. The lowest BCUT2D eigenvalue weighted by Crippen LogP contribution is -2.31. The van der Waals surface area contributed by atoms with Gasteiger partial charge < -0.3 is 4.74 Å². The molecule has 29 heavy (non-hydrogen) atoms. The molecule has 0 saturated heterocycles. The Morgan fingerprint density at radius 1 is 1.10 bits per heavy atom. The number of hydrogen-bond acceptors (Lipinski definition) is 6. The molecular weight excluding hydrogens is 402 g/mol. The molecule has 4 rings (SSSR count). The van der Waals surface area contributed by atoms with Crippen molar-refractivity contribution in [3.63, 3.8) is 0 Å². The summed E-state index contributed by atoms with van der Waals surface area (Å²) >= 11 is 3.02. The van der Waals surface area contributed by atoms with E-state index in [-0.39, 0.29) is 5.91 Å². The van der Waals surface area contributed by atoms with Crippen LogP contribution in [0.2, 0.25) is 0 Å². The fraction of sp³-hybridized carbons (Fsp3) is 0.136. The number of hydrogen-bond donors (Lipinski definition) is 0. The molecule has 0 N–H and O–H groups in total. The Morgan fingerprint density at radius 3 is 2.69 bits per heavy atom. The van der Waals surface area contributed by atoms with Crippen molar-refractivity contribution in [2.45, 2.75) is 11.4 Å². The molecule has 2 aromatic carbocycles. The standard InChI is InChI=1S/C22H19N3O2S2/c1-27-17-10-7-12-19-20(17)24-22(29-19)25(14-15-8-5-6-13-23-15)21(26)16-9-3-4-11-18(16)28-2/h3-13H,14H2,1-2H3. The Kier molecular flexibility index (Phi) is 5.78. The zero-order valence-corrected chi connectivity index (χ0v) is 17.7. The minimum Gasteiger partial charge on any atom is -0.494 e. The molecule has 2 heterocycles. The molecule has 0 aliphatic heterocycles. The number of fused-ring (bicyclic) bond motifs is 1. The summed E-state index contributed by atoms with van der Waals surface area (Å²) in [5, 5.41) is 0.621. The number of nitrogens with zero attached hydrogens (tertiary/aromatic N) is 3. The van der Waals surface area contributed by atoms with Crippen molar-refractivity contribution in [1.29, 1.82) is 0 Å². The summed E-state index contributed by atoms with van der Waals surface area (Å²) in [6.45, 7) is 0.338. The molecule has 0 unspecified atom stereocenters. The second-order valence-corrected chi connectivity index (χ2v) is 8.07. The lowest BCUT2D eigenvalue weighted by molar-refractivity contribution is 0.0982. The summed E-state index contributed by atoms with van der Waals surface area (Å²) in [6.07, 6.45) is 3.70. The number of carbonyl (C=O) groups is 1. The maximum atomic E-state index is 13.6. The van der Waals surface area contributed by atoms with Crippen molar-refractivity contribution in [3.05, 3.63) is 78.1 Å². The first kappa shape index (κ1) is 19.4. The Morgan fingerprint density at radius 2 is 1.93 bits per heavy atom. The van der Waals surface area contributed by atoms with Crippen LogP contribution >= 0.6 is 23.1 Å². The SMILES string of the molecule is COc1cccc2sc(N(Cc3ccccn3)C(=O)c3ccccc3SC)nc12. The van der Waals surface area contributed by atoms with Crippen LogP contribution in [0.1, 0.15) is 16.1 Å². The van der Waals surface area contributed by atoms with Gasteiger partial charge >= 0.3 is 0 Å². The molecule has 0 radical (unpaired) electrons. The highest BCUT2D eigenvalue weighted by atomic mass is 32.2. The first-order valence-corrected chi connectivity index (χ1v) is 11.0. The van der Waals surface area contributed by atoms with E-state index in [0.29, 0.717) is 23.0 Å². The van der Waals surface area contributed by atoms with Gasteiger partial charge in [0.2, 0.25) is 0 Å². The number of anilines is 1. The van der Waals surface area contributed by atoms with Gasteiger partial charge in [0.25, 0.3) is 5.91 Å². The molecular formula is C22H19N3O2S2. The second-order valence-electron chi connectivity index (χ2n) is 6.22. The summed E-state index contributed by atoms with van der Waals surface area (Å²) in [4.78, 5) is 25.4. The number of methoxy groups -OCH3 is 1. The van der Waals surface area contributed by atoms with E-state index in [4.69, 9.17) is 9.72 Å². The van der Waals surface area contributed by atoms with Gasteiger partial charge in [-0.2, -0.15) is 0 Å². The minimum atomic E-state index is -0.0985. The number of benzene rings is 2. The van der Waals surface area contributed by atoms with Crippen LogP contribution in [0, 0.1) is 0 Å². The molecule has 0 aliphatic carbocycles.